The summed E-state index contributed by atoms with van der Waals surface area (Å²) >= 11 is 0. The molecular weight excluding hydrogens is 124 g/mol. The predicted molar refractivity (Wildman–Crippen MR) is 43.5 cm³/mol. The van der Waals surface area contributed by atoms with Gasteiger partial charge in [-0.05, 0) is 25.3 Å². The van der Waals surface area contributed by atoms with E-state index in [4.69, 9.17) is 0 Å². The van der Waals surface area contributed by atoms with E-state index in [1.54, 1.807) is 6.92 Å². The molecule has 0 aromatic heterocycles. The van der Waals surface area contributed by atoms with Gasteiger partial charge >= 0.3 is 0 Å². The van der Waals surface area contributed by atoms with Gasteiger partial charge in [0, 0.05) is 5.57 Å². The fourth-order valence-corrected chi connectivity index (χ4v) is 0.875. The normalized spacial score (nSPS) is 10.9. The Morgan fingerprint density at radius 3 is 2.40 bits per heavy atom. The van der Waals surface area contributed by atoms with Gasteiger partial charge in [-0.25, -0.2) is 4.79 Å². The van der Waals surface area contributed by atoms with Crippen molar-refractivity contribution in [2.75, 3.05) is 0 Å². The van der Waals surface area contributed by atoms with Gasteiger partial charge in [0.2, 0.25) is 0 Å². The molecule has 0 aliphatic heterocycles. The zero-order chi connectivity index (χ0) is 7.98. The van der Waals surface area contributed by atoms with E-state index in [0.29, 0.717) is 0 Å². The molecule has 0 fully saturated rings. The van der Waals surface area contributed by atoms with Crippen LogP contribution in [0.25, 0.3) is 0 Å². The number of rotatable bonds is 3. The standard InChI is InChI=1S/C9H14O/c1-4-6-9(5-2)8(3)7-10/h6H,4-5H2,1-3H3. The third kappa shape index (κ3) is 2.65. The van der Waals surface area contributed by atoms with Crippen LogP contribution < -0.4 is 0 Å². The van der Waals surface area contributed by atoms with E-state index in [9.17, 15) is 4.79 Å². The quantitative estimate of drug-likeness (QED) is 0.432. The molecule has 0 rings (SSSR count). The third-order valence-corrected chi connectivity index (χ3v) is 1.47. The van der Waals surface area contributed by atoms with Gasteiger partial charge in [-0.2, -0.15) is 0 Å². The van der Waals surface area contributed by atoms with Crippen LogP contribution in [0.4, 0.5) is 0 Å². The molecule has 0 aromatic rings. The second-order valence-corrected chi connectivity index (χ2v) is 2.22. The maximum absolute atomic E-state index is 10.2. The summed E-state index contributed by atoms with van der Waals surface area (Å²) in [6, 6.07) is 0. The number of hydrogen-bond acceptors (Lipinski definition) is 1. The number of carbonyl (C=O) groups excluding carboxylic acids is 1. The zero-order valence-corrected chi connectivity index (χ0v) is 6.90. The number of allylic oxidation sites excluding steroid dienone is 3. The number of hydrogen-bond donors (Lipinski definition) is 0. The van der Waals surface area contributed by atoms with Gasteiger partial charge in [-0.1, -0.05) is 19.9 Å². The molecule has 0 saturated heterocycles. The first-order chi connectivity index (χ1) is 4.76. The van der Waals surface area contributed by atoms with Crippen molar-refractivity contribution < 1.29 is 4.79 Å². The van der Waals surface area contributed by atoms with E-state index in [1.807, 2.05) is 12.9 Å². The van der Waals surface area contributed by atoms with E-state index in [1.165, 1.54) is 0 Å². The van der Waals surface area contributed by atoms with Crippen molar-refractivity contribution in [2.24, 2.45) is 0 Å². The van der Waals surface area contributed by atoms with Crippen molar-refractivity contribution in [2.45, 2.75) is 33.6 Å². The molecule has 0 amide bonds. The average molecular weight is 138 g/mol. The first-order valence-electron chi connectivity index (χ1n) is 3.67. The zero-order valence-electron chi connectivity index (χ0n) is 6.90. The molecule has 0 bridgehead atoms. The highest BCUT2D eigenvalue weighted by atomic mass is 16.1. The van der Waals surface area contributed by atoms with E-state index in [0.717, 1.165) is 24.0 Å². The molecule has 0 spiro atoms. The van der Waals surface area contributed by atoms with Crippen LogP contribution >= 0.6 is 0 Å². The molecule has 56 valence electrons. The van der Waals surface area contributed by atoms with Gasteiger partial charge < -0.3 is 0 Å². The van der Waals surface area contributed by atoms with E-state index in [2.05, 4.69) is 13.0 Å². The molecule has 0 saturated carbocycles. The maximum Gasteiger partial charge on any atom is 0.127 e. The fourth-order valence-electron chi connectivity index (χ4n) is 0.875. The van der Waals surface area contributed by atoms with E-state index < -0.39 is 0 Å². The Hall–Kier alpha value is -0.810. The lowest BCUT2D eigenvalue weighted by molar-refractivity contribution is 0.567. The summed E-state index contributed by atoms with van der Waals surface area (Å²) in [5.41, 5.74) is 1.86. The van der Waals surface area contributed by atoms with Gasteiger partial charge in [0.15, 0.2) is 0 Å². The molecule has 0 unspecified atom stereocenters. The molecule has 10 heavy (non-hydrogen) atoms. The molecule has 1 nitrogen and oxygen atoms in total. The maximum atomic E-state index is 10.2. The van der Waals surface area contributed by atoms with Crippen LogP contribution in [-0.4, -0.2) is 5.94 Å². The van der Waals surface area contributed by atoms with Crippen molar-refractivity contribution in [1.82, 2.24) is 0 Å². The van der Waals surface area contributed by atoms with Gasteiger partial charge in [-0.15, -0.1) is 0 Å². The molecule has 0 aliphatic carbocycles. The van der Waals surface area contributed by atoms with Crippen LogP contribution in [0.1, 0.15) is 33.6 Å². The lowest BCUT2D eigenvalue weighted by Gasteiger charge is -1.98. The third-order valence-electron chi connectivity index (χ3n) is 1.47. The van der Waals surface area contributed by atoms with Crippen LogP contribution in [0.15, 0.2) is 17.2 Å². The minimum Gasteiger partial charge on any atom is -0.233 e. The molecule has 0 N–H and O–H groups in total. The molecule has 1 heteroatoms. The molecule has 0 aromatic carbocycles. The highest BCUT2D eigenvalue weighted by Crippen LogP contribution is 2.10. The van der Waals surface area contributed by atoms with Crippen molar-refractivity contribution in [3.05, 3.63) is 17.2 Å². The van der Waals surface area contributed by atoms with E-state index in [-0.39, 0.29) is 0 Å². The molecule has 0 heterocycles. The first kappa shape index (κ1) is 9.19. The summed E-state index contributed by atoms with van der Waals surface area (Å²) in [6.45, 7) is 5.91. The highest BCUT2D eigenvalue weighted by molar-refractivity contribution is 5.59. The van der Waals surface area contributed by atoms with Gasteiger partial charge in [0.05, 0.1) is 0 Å². The van der Waals surface area contributed by atoms with Crippen LogP contribution in [0, 0.1) is 0 Å². The van der Waals surface area contributed by atoms with Crippen LogP contribution in [-0.2, 0) is 4.79 Å². The Morgan fingerprint density at radius 1 is 1.50 bits per heavy atom. The largest absolute Gasteiger partial charge is 0.233 e. The lowest BCUT2D eigenvalue weighted by Crippen LogP contribution is -1.83. The van der Waals surface area contributed by atoms with Crippen LogP contribution in [0.5, 0.6) is 0 Å². The van der Waals surface area contributed by atoms with Crippen molar-refractivity contribution in [3.63, 3.8) is 0 Å². The second kappa shape index (κ2) is 5.01. The molecule has 0 atom stereocenters. The topological polar surface area (TPSA) is 17.1 Å². The van der Waals surface area contributed by atoms with Crippen LogP contribution in [0.2, 0.25) is 0 Å². The van der Waals surface area contributed by atoms with Gasteiger partial charge in [0.1, 0.15) is 5.94 Å². The molecule has 0 aliphatic rings. The first-order valence-corrected chi connectivity index (χ1v) is 3.67. The predicted octanol–water partition coefficient (Wildman–Crippen LogP) is 2.51. The molecule has 0 radical (unpaired) electrons. The van der Waals surface area contributed by atoms with Crippen molar-refractivity contribution >= 4 is 5.94 Å². The summed E-state index contributed by atoms with van der Waals surface area (Å²) in [6.07, 6.45) is 3.98. The monoisotopic (exact) mass is 138 g/mol. The minimum absolute atomic E-state index is 0.740. The van der Waals surface area contributed by atoms with Gasteiger partial charge in [0.25, 0.3) is 0 Å². The highest BCUT2D eigenvalue weighted by Gasteiger charge is 1.94. The Balaban J connectivity index is 4.36. The van der Waals surface area contributed by atoms with E-state index >= 15 is 0 Å². The summed E-state index contributed by atoms with van der Waals surface area (Å²) in [7, 11) is 0. The summed E-state index contributed by atoms with van der Waals surface area (Å²) < 4.78 is 0. The smallest absolute Gasteiger partial charge is 0.127 e. The summed E-state index contributed by atoms with van der Waals surface area (Å²) in [5, 5.41) is 0. The van der Waals surface area contributed by atoms with Crippen molar-refractivity contribution in [3.8, 4) is 0 Å². The Bertz CT molecular complexity index is 171. The van der Waals surface area contributed by atoms with Gasteiger partial charge in [-0.3, -0.25) is 0 Å². The SMILES string of the molecule is CCC=C(CC)C(C)=C=O. The second-order valence-electron chi connectivity index (χ2n) is 2.22. The Kier molecular flexibility index (Phi) is 4.61. The lowest BCUT2D eigenvalue weighted by atomic mass is 10.1. The fraction of sp³-hybridized carbons (Fsp3) is 0.556. The Morgan fingerprint density at radius 2 is 2.10 bits per heavy atom. The summed E-state index contributed by atoms with van der Waals surface area (Å²) in [4.78, 5) is 10.2. The average Bonchev–Trinajstić information content (AvgIpc) is 1.99. The van der Waals surface area contributed by atoms with Crippen LogP contribution in [0.3, 0.4) is 0 Å². The Labute approximate surface area is 62.4 Å². The molecular formula is C9H14O. The van der Waals surface area contributed by atoms with Crippen molar-refractivity contribution in [1.29, 1.82) is 0 Å². The minimum atomic E-state index is 0.740. The summed E-state index contributed by atoms with van der Waals surface area (Å²) in [5.74, 6) is 1.90.